The number of carbonyl (C=O) groups excluding carboxylic acids is 1. The molecule has 4 heteroatoms. The lowest BCUT2D eigenvalue weighted by Gasteiger charge is -2.07. The van der Waals surface area contributed by atoms with Crippen molar-refractivity contribution in [2.75, 3.05) is 5.73 Å². The van der Waals surface area contributed by atoms with Gasteiger partial charge in [0.25, 0.3) is 0 Å². The first-order valence-electron chi connectivity index (χ1n) is 5.50. The van der Waals surface area contributed by atoms with Crippen LogP contribution in [0.3, 0.4) is 0 Å². The molecular weight excluding hydrogens is 244 g/mol. The normalized spacial score (nSPS) is 10.3. The van der Waals surface area contributed by atoms with E-state index in [1.165, 1.54) is 11.8 Å². The van der Waals surface area contributed by atoms with Gasteiger partial charge in [-0.05, 0) is 42.8 Å². The fraction of sp³-hybridized carbons (Fsp3) is 0.0714. The lowest BCUT2D eigenvalue weighted by Crippen LogP contribution is -2.10. The molecule has 0 saturated heterocycles. The first-order valence-corrected chi connectivity index (χ1v) is 6.32. The van der Waals surface area contributed by atoms with Gasteiger partial charge in [-0.15, -0.1) is 0 Å². The average molecular weight is 258 g/mol. The predicted octanol–water partition coefficient (Wildman–Crippen LogP) is 2.83. The van der Waals surface area contributed by atoms with Crippen LogP contribution < -0.4 is 11.5 Å². The number of hydrogen-bond donors (Lipinski definition) is 2. The van der Waals surface area contributed by atoms with E-state index in [1.54, 1.807) is 12.1 Å². The van der Waals surface area contributed by atoms with Gasteiger partial charge in [0.1, 0.15) is 0 Å². The lowest BCUT2D eigenvalue weighted by atomic mass is 10.2. The summed E-state index contributed by atoms with van der Waals surface area (Å²) in [6, 6.07) is 13.1. The molecule has 18 heavy (non-hydrogen) atoms. The molecule has 4 N–H and O–H groups in total. The van der Waals surface area contributed by atoms with E-state index in [0.717, 1.165) is 21.0 Å². The Kier molecular flexibility index (Phi) is 3.58. The molecule has 0 heterocycles. The number of primary amides is 1. The number of carbonyl (C=O) groups is 1. The summed E-state index contributed by atoms with van der Waals surface area (Å²) in [5.74, 6) is -0.422. The molecule has 2 rings (SSSR count). The number of hydrogen-bond acceptors (Lipinski definition) is 3. The fourth-order valence-corrected chi connectivity index (χ4v) is 2.50. The van der Waals surface area contributed by atoms with E-state index >= 15 is 0 Å². The van der Waals surface area contributed by atoms with Crippen LogP contribution in [0.5, 0.6) is 0 Å². The highest BCUT2D eigenvalue weighted by Gasteiger charge is 2.05. The summed E-state index contributed by atoms with van der Waals surface area (Å²) in [4.78, 5) is 13.0. The van der Waals surface area contributed by atoms with Gasteiger partial charge in [0.05, 0.1) is 0 Å². The Morgan fingerprint density at radius 1 is 1.17 bits per heavy atom. The van der Waals surface area contributed by atoms with E-state index in [9.17, 15) is 4.79 Å². The van der Waals surface area contributed by atoms with Crippen molar-refractivity contribution in [3.63, 3.8) is 0 Å². The van der Waals surface area contributed by atoms with Crippen LogP contribution in [0.15, 0.2) is 52.3 Å². The van der Waals surface area contributed by atoms with Crippen molar-refractivity contribution in [1.82, 2.24) is 0 Å². The molecule has 0 aliphatic carbocycles. The molecule has 2 aromatic rings. The number of nitrogen functional groups attached to an aromatic ring is 1. The van der Waals surface area contributed by atoms with E-state index in [2.05, 4.69) is 0 Å². The highest BCUT2D eigenvalue weighted by atomic mass is 32.2. The number of amides is 1. The maximum atomic E-state index is 11.1. The highest BCUT2D eigenvalue weighted by Crippen LogP contribution is 2.32. The van der Waals surface area contributed by atoms with E-state index in [0.29, 0.717) is 5.56 Å². The molecular formula is C14H14N2OS. The van der Waals surface area contributed by atoms with Gasteiger partial charge in [0.2, 0.25) is 5.91 Å². The Morgan fingerprint density at radius 2 is 1.94 bits per heavy atom. The second-order valence-electron chi connectivity index (χ2n) is 4.04. The van der Waals surface area contributed by atoms with E-state index in [-0.39, 0.29) is 0 Å². The Hall–Kier alpha value is -1.94. The van der Waals surface area contributed by atoms with E-state index in [4.69, 9.17) is 11.5 Å². The van der Waals surface area contributed by atoms with E-state index in [1.807, 2.05) is 37.3 Å². The van der Waals surface area contributed by atoms with E-state index < -0.39 is 5.91 Å². The van der Waals surface area contributed by atoms with Crippen molar-refractivity contribution in [2.45, 2.75) is 16.7 Å². The summed E-state index contributed by atoms with van der Waals surface area (Å²) in [5.41, 5.74) is 13.6. The maximum absolute atomic E-state index is 11.1. The molecule has 0 saturated carbocycles. The molecule has 0 fully saturated rings. The average Bonchev–Trinajstić information content (AvgIpc) is 2.33. The Balaban J connectivity index is 2.28. The minimum atomic E-state index is -0.422. The van der Waals surface area contributed by atoms with Crippen LogP contribution in [0.25, 0.3) is 0 Å². The van der Waals surface area contributed by atoms with Gasteiger partial charge in [0, 0.05) is 21.0 Å². The molecule has 0 aromatic heterocycles. The van der Waals surface area contributed by atoms with Gasteiger partial charge in [-0.25, -0.2) is 0 Å². The van der Waals surface area contributed by atoms with Crippen molar-refractivity contribution in [1.29, 1.82) is 0 Å². The molecule has 0 radical (unpaired) electrons. The number of aryl methyl sites for hydroxylation is 1. The first kappa shape index (κ1) is 12.5. The zero-order valence-electron chi connectivity index (χ0n) is 10.0. The van der Waals surface area contributed by atoms with Gasteiger partial charge >= 0.3 is 0 Å². The molecule has 0 aliphatic heterocycles. The lowest BCUT2D eigenvalue weighted by molar-refractivity contribution is 0.1000. The van der Waals surface area contributed by atoms with Crippen LogP contribution in [0, 0.1) is 6.92 Å². The van der Waals surface area contributed by atoms with Gasteiger partial charge in [-0.1, -0.05) is 23.9 Å². The second kappa shape index (κ2) is 5.14. The van der Waals surface area contributed by atoms with Crippen molar-refractivity contribution in [3.8, 4) is 0 Å². The van der Waals surface area contributed by atoms with Crippen molar-refractivity contribution >= 4 is 23.4 Å². The summed E-state index contributed by atoms with van der Waals surface area (Å²) in [6.07, 6.45) is 0. The summed E-state index contributed by atoms with van der Waals surface area (Å²) < 4.78 is 0. The minimum absolute atomic E-state index is 0.422. The Bertz CT molecular complexity index is 596. The third-order valence-corrected chi connectivity index (χ3v) is 3.59. The molecule has 2 aromatic carbocycles. The van der Waals surface area contributed by atoms with Gasteiger partial charge in [-0.2, -0.15) is 0 Å². The third kappa shape index (κ3) is 2.84. The van der Waals surface area contributed by atoms with Crippen LogP contribution in [0.1, 0.15) is 15.9 Å². The van der Waals surface area contributed by atoms with Crippen molar-refractivity contribution in [2.24, 2.45) is 5.73 Å². The maximum Gasteiger partial charge on any atom is 0.248 e. The van der Waals surface area contributed by atoms with Gasteiger partial charge in [0.15, 0.2) is 0 Å². The molecule has 0 unspecified atom stereocenters. The molecule has 0 spiro atoms. The Morgan fingerprint density at radius 3 is 2.61 bits per heavy atom. The number of nitrogens with two attached hydrogens (primary N) is 2. The minimum Gasteiger partial charge on any atom is -0.398 e. The first-order chi connectivity index (χ1) is 8.56. The Labute approximate surface area is 110 Å². The van der Waals surface area contributed by atoms with Crippen molar-refractivity contribution in [3.05, 3.63) is 53.6 Å². The van der Waals surface area contributed by atoms with Crippen LogP contribution in [-0.2, 0) is 0 Å². The van der Waals surface area contributed by atoms with Crippen LogP contribution in [-0.4, -0.2) is 5.91 Å². The quantitative estimate of drug-likeness (QED) is 0.832. The highest BCUT2D eigenvalue weighted by molar-refractivity contribution is 7.99. The van der Waals surface area contributed by atoms with Crippen LogP contribution >= 0.6 is 11.8 Å². The van der Waals surface area contributed by atoms with Crippen LogP contribution in [0.2, 0.25) is 0 Å². The van der Waals surface area contributed by atoms with Crippen LogP contribution in [0.4, 0.5) is 5.69 Å². The molecule has 92 valence electrons. The molecule has 3 nitrogen and oxygen atoms in total. The SMILES string of the molecule is Cc1ccc(Sc2cccc(C(N)=O)c2)c(N)c1. The third-order valence-electron chi connectivity index (χ3n) is 2.51. The fourth-order valence-electron chi connectivity index (χ4n) is 1.60. The number of rotatable bonds is 3. The summed E-state index contributed by atoms with van der Waals surface area (Å²) in [7, 11) is 0. The summed E-state index contributed by atoms with van der Waals surface area (Å²) in [6.45, 7) is 2.00. The van der Waals surface area contributed by atoms with Gasteiger partial charge in [-0.3, -0.25) is 4.79 Å². The molecule has 0 aliphatic rings. The molecule has 1 amide bonds. The smallest absolute Gasteiger partial charge is 0.248 e. The number of benzene rings is 2. The standard InChI is InChI=1S/C14H14N2OS/c1-9-5-6-13(12(15)7-9)18-11-4-2-3-10(8-11)14(16)17/h2-8H,15H2,1H3,(H2,16,17). The summed E-state index contributed by atoms with van der Waals surface area (Å²) in [5, 5.41) is 0. The zero-order valence-corrected chi connectivity index (χ0v) is 10.8. The molecule has 0 atom stereocenters. The predicted molar refractivity (Wildman–Crippen MR) is 74.7 cm³/mol. The van der Waals surface area contributed by atoms with Gasteiger partial charge < -0.3 is 11.5 Å². The second-order valence-corrected chi connectivity index (χ2v) is 5.15. The largest absolute Gasteiger partial charge is 0.398 e. The summed E-state index contributed by atoms with van der Waals surface area (Å²) >= 11 is 1.52. The topological polar surface area (TPSA) is 69.1 Å². The zero-order chi connectivity index (χ0) is 13.1. The monoisotopic (exact) mass is 258 g/mol. The molecule has 0 bridgehead atoms. The van der Waals surface area contributed by atoms with Crippen molar-refractivity contribution < 1.29 is 4.79 Å². The number of anilines is 1.